The van der Waals surface area contributed by atoms with Crippen LogP contribution in [0.5, 0.6) is 0 Å². The number of hydrogen-bond acceptors (Lipinski definition) is 3. The van der Waals surface area contributed by atoms with Crippen LogP contribution in [0, 0.1) is 5.92 Å². The Morgan fingerprint density at radius 1 is 1.21 bits per heavy atom. The van der Waals surface area contributed by atoms with E-state index >= 15 is 0 Å². The molecule has 0 rings (SSSR count). The monoisotopic (exact) mass is 272 g/mol. The summed E-state index contributed by atoms with van der Waals surface area (Å²) in [4.78, 5) is 2.53. The maximum Gasteiger partial charge on any atom is 0.0610 e. The van der Waals surface area contributed by atoms with Crippen molar-refractivity contribution < 1.29 is 5.11 Å². The third-order valence-electron chi connectivity index (χ3n) is 3.90. The summed E-state index contributed by atoms with van der Waals surface area (Å²) in [5, 5.41) is 13.0. The molecule has 2 unspecified atom stereocenters. The van der Waals surface area contributed by atoms with E-state index in [9.17, 15) is 5.11 Å². The molecule has 0 heterocycles. The number of nitrogens with one attached hydrogen (secondary N) is 1. The van der Waals surface area contributed by atoms with E-state index in [1.54, 1.807) is 0 Å². The minimum Gasteiger partial charge on any atom is -0.394 e. The lowest BCUT2D eigenvalue weighted by atomic mass is 9.95. The molecule has 0 saturated carbocycles. The summed E-state index contributed by atoms with van der Waals surface area (Å²) in [5.74, 6) is 0.776. The SMILES string of the molecule is CCC(C)CN(CC)CCCC(C)(CO)NC(C)C. The number of nitrogens with zero attached hydrogens (tertiary/aromatic N) is 1. The second kappa shape index (κ2) is 9.73. The maximum absolute atomic E-state index is 9.56. The summed E-state index contributed by atoms with van der Waals surface area (Å²) < 4.78 is 0. The molecule has 2 N–H and O–H groups in total. The van der Waals surface area contributed by atoms with Crippen molar-refractivity contribution in [3.05, 3.63) is 0 Å². The van der Waals surface area contributed by atoms with Crippen molar-refractivity contribution >= 4 is 0 Å². The molecular formula is C16H36N2O. The van der Waals surface area contributed by atoms with Gasteiger partial charge in [0.15, 0.2) is 0 Å². The van der Waals surface area contributed by atoms with Crippen LogP contribution in [-0.2, 0) is 0 Å². The molecule has 0 aliphatic carbocycles. The zero-order valence-corrected chi connectivity index (χ0v) is 14.0. The van der Waals surface area contributed by atoms with Gasteiger partial charge >= 0.3 is 0 Å². The van der Waals surface area contributed by atoms with Gasteiger partial charge in [0.05, 0.1) is 6.61 Å². The molecule has 0 spiro atoms. The van der Waals surface area contributed by atoms with E-state index in [2.05, 4.69) is 51.8 Å². The Kier molecular flexibility index (Phi) is 9.67. The van der Waals surface area contributed by atoms with E-state index in [1.807, 2.05) is 0 Å². The molecule has 2 atom stereocenters. The molecule has 19 heavy (non-hydrogen) atoms. The predicted molar refractivity (Wildman–Crippen MR) is 84.6 cm³/mol. The first kappa shape index (κ1) is 18.9. The highest BCUT2D eigenvalue weighted by Gasteiger charge is 2.23. The van der Waals surface area contributed by atoms with Crippen molar-refractivity contribution in [1.82, 2.24) is 10.2 Å². The molecule has 0 aromatic heterocycles. The molecule has 0 aromatic carbocycles. The van der Waals surface area contributed by atoms with Crippen molar-refractivity contribution in [3.63, 3.8) is 0 Å². The largest absolute Gasteiger partial charge is 0.394 e. The summed E-state index contributed by atoms with van der Waals surface area (Å²) in [6.45, 7) is 16.9. The first-order chi connectivity index (χ1) is 8.86. The maximum atomic E-state index is 9.56. The lowest BCUT2D eigenvalue weighted by Crippen LogP contribution is -2.49. The van der Waals surface area contributed by atoms with Gasteiger partial charge in [-0.05, 0) is 38.8 Å². The van der Waals surface area contributed by atoms with E-state index in [1.165, 1.54) is 13.0 Å². The second-order valence-corrected chi connectivity index (χ2v) is 6.53. The number of rotatable bonds is 11. The van der Waals surface area contributed by atoms with Gasteiger partial charge in [0, 0.05) is 18.1 Å². The highest BCUT2D eigenvalue weighted by molar-refractivity contribution is 4.84. The van der Waals surface area contributed by atoms with Crippen LogP contribution in [0.3, 0.4) is 0 Å². The standard InChI is InChI=1S/C16H36N2O/c1-7-15(5)12-18(8-2)11-9-10-16(6,13-19)17-14(3)4/h14-15,17,19H,7-13H2,1-6H3. The van der Waals surface area contributed by atoms with Crippen molar-refractivity contribution in [2.24, 2.45) is 5.92 Å². The molecule has 0 saturated heterocycles. The third kappa shape index (κ3) is 8.61. The van der Waals surface area contributed by atoms with Crippen molar-refractivity contribution in [2.45, 2.75) is 72.4 Å². The van der Waals surface area contributed by atoms with Gasteiger partial charge < -0.3 is 15.3 Å². The predicted octanol–water partition coefficient (Wildman–Crippen LogP) is 2.88. The molecular weight excluding hydrogens is 236 g/mol. The van der Waals surface area contributed by atoms with Gasteiger partial charge in [-0.3, -0.25) is 0 Å². The molecule has 0 radical (unpaired) electrons. The Bertz CT molecular complexity index is 221. The fourth-order valence-corrected chi connectivity index (χ4v) is 2.53. The zero-order valence-electron chi connectivity index (χ0n) is 14.0. The van der Waals surface area contributed by atoms with Crippen LogP contribution in [-0.4, -0.2) is 47.8 Å². The molecule has 0 aliphatic rings. The molecule has 116 valence electrons. The fraction of sp³-hybridized carbons (Fsp3) is 1.00. The van der Waals surface area contributed by atoms with Crippen LogP contribution in [0.15, 0.2) is 0 Å². The van der Waals surface area contributed by atoms with Crippen molar-refractivity contribution in [1.29, 1.82) is 0 Å². The first-order valence-corrected chi connectivity index (χ1v) is 7.97. The van der Waals surface area contributed by atoms with E-state index in [-0.39, 0.29) is 12.1 Å². The van der Waals surface area contributed by atoms with E-state index < -0.39 is 0 Å². The van der Waals surface area contributed by atoms with E-state index in [0.29, 0.717) is 6.04 Å². The lowest BCUT2D eigenvalue weighted by molar-refractivity contribution is 0.146. The van der Waals surface area contributed by atoms with Gasteiger partial charge in [0.25, 0.3) is 0 Å². The van der Waals surface area contributed by atoms with Gasteiger partial charge in [-0.15, -0.1) is 0 Å². The van der Waals surface area contributed by atoms with Gasteiger partial charge in [-0.25, -0.2) is 0 Å². The normalized spacial score (nSPS) is 16.9. The lowest BCUT2D eigenvalue weighted by Gasteiger charge is -2.32. The third-order valence-corrected chi connectivity index (χ3v) is 3.90. The summed E-state index contributed by atoms with van der Waals surface area (Å²) in [6.07, 6.45) is 3.42. The van der Waals surface area contributed by atoms with Crippen LogP contribution in [0.1, 0.15) is 60.8 Å². The summed E-state index contributed by atoms with van der Waals surface area (Å²) in [5.41, 5.74) is -0.135. The average Bonchev–Trinajstić information content (AvgIpc) is 2.36. The smallest absolute Gasteiger partial charge is 0.0610 e. The molecule has 3 nitrogen and oxygen atoms in total. The average molecular weight is 272 g/mol. The van der Waals surface area contributed by atoms with Gasteiger partial charge in [0.1, 0.15) is 0 Å². The van der Waals surface area contributed by atoms with E-state index in [4.69, 9.17) is 0 Å². The number of hydrogen-bond donors (Lipinski definition) is 2. The number of aliphatic hydroxyl groups excluding tert-OH is 1. The molecule has 0 aliphatic heterocycles. The minimum atomic E-state index is -0.135. The summed E-state index contributed by atoms with van der Waals surface area (Å²) in [6, 6.07) is 0.416. The van der Waals surface area contributed by atoms with Crippen LogP contribution in [0.2, 0.25) is 0 Å². The Hall–Kier alpha value is -0.120. The first-order valence-electron chi connectivity index (χ1n) is 7.97. The molecule has 0 aromatic rings. The minimum absolute atomic E-state index is 0.135. The molecule has 3 heteroatoms. The Labute approximate surface area is 120 Å². The Morgan fingerprint density at radius 3 is 2.26 bits per heavy atom. The Balaban J connectivity index is 4.08. The summed E-state index contributed by atoms with van der Waals surface area (Å²) in [7, 11) is 0. The highest BCUT2D eigenvalue weighted by Crippen LogP contribution is 2.14. The molecule has 0 bridgehead atoms. The zero-order chi connectivity index (χ0) is 14.9. The topological polar surface area (TPSA) is 35.5 Å². The van der Waals surface area contributed by atoms with Crippen molar-refractivity contribution in [3.8, 4) is 0 Å². The van der Waals surface area contributed by atoms with Gasteiger partial charge in [-0.1, -0.05) is 41.0 Å². The van der Waals surface area contributed by atoms with Crippen LogP contribution >= 0.6 is 0 Å². The highest BCUT2D eigenvalue weighted by atomic mass is 16.3. The molecule has 0 amide bonds. The van der Waals surface area contributed by atoms with Gasteiger partial charge in [0.2, 0.25) is 0 Å². The summed E-state index contributed by atoms with van der Waals surface area (Å²) >= 11 is 0. The van der Waals surface area contributed by atoms with E-state index in [0.717, 1.165) is 31.8 Å². The quantitative estimate of drug-likeness (QED) is 0.607. The van der Waals surface area contributed by atoms with Crippen LogP contribution in [0.4, 0.5) is 0 Å². The fourth-order valence-electron chi connectivity index (χ4n) is 2.53. The molecule has 0 fully saturated rings. The second-order valence-electron chi connectivity index (χ2n) is 6.53. The Morgan fingerprint density at radius 2 is 1.84 bits per heavy atom. The van der Waals surface area contributed by atoms with Gasteiger partial charge in [-0.2, -0.15) is 0 Å². The number of aliphatic hydroxyl groups is 1. The van der Waals surface area contributed by atoms with Crippen LogP contribution in [0.25, 0.3) is 0 Å². The van der Waals surface area contributed by atoms with Crippen molar-refractivity contribution in [2.75, 3.05) is 26.2 Å². The van der Waals surface area contributed by atoms with Crippen LogP contribution < -0.4 is 5.32 Å².